The van der Waals surface area contributed by atoms with Gasteiger partial charge in [0.15, 0.2) is 5.54 Å². The van der Waals surface area contributed by atoms with Crippen molar-refractivity contribution in [2.24, 2.45) is 5.92 Å². The van der Waals surface area contributed by atoms with Gasteiger partial charge in [0.1, 0.15) is 17.4 Å². The molecule has 1 heterocycles. The molecule has 12 heteroatoms. The molecule has 236 valence electrons. The van der Waals surface area contributed by atoms with E-state index in [-0.39, 0.29) is 24.3 Å². The van der Waals surface area contributed by atoms with Gasteiger partial charge in [-0.05, 0) is 67.3 Å². The van der Waals surface area contributed by atoms with E-state index in [2.05, 4.69) is 10.6 Å². The Labute approximate surface area is 250 Å². The van der Waals surface area contributed by atoms with E-state index in [1.807, 2.05) is 0 Å². The van der Waals surface area contributed by atoms with Gasteiger partial charge in [0.25, 0.3) is 0 Å². The Morgan fingerprint density at radius 1 is 0.909 bits per heavy atom. The molecular formula is C32H32F6N2O4. The lowest BCUT2D eigenvalue weighted by molar-refractivity contribution is -0.217. The minimum atomic E-state index is -5.00. The molecule has 1 saturated heterocycles. The van der Waals surface area contributed by atoms with Crippen LogP contribution in [0.15, 0.2) is 72.8 Å². The zero-order chi connectivity index (χ0) is 32.3. The highest BCUT2D eigenvalue weighted by molar-refractivity contribution is 6.08. The molecule has 3 atom stereocenters. The van der Waals surface area contributed by atoms with Gasteiger partial charge in [-0.25, -0.2) is 0 Å². The first-order valence-electron chi connectivity index (χ1n) is 13.8. The lowest BCUT2D eigenvalue weighted by Crippen LogP contribution is -2.68. The summed E-state index contributed by atoms with van der Waals surface area (Å²) in [5.41, 5.74) is -3.30. The molecule has 0 spiro atoms. The Bertz CT molecular complexity index is 1460. The van der Waals surface area contributed by atoms with E-state index in [1.165, 1.54) is 26.2 Å². The second-order valence-electron chi connectivity index (χ2n) is 11.1. The number of hydrogen-bond donors (Lipinski definition) is 2. The summed E-state index contributed by atoms with van der Waals surface area (Å²) in [5, 5.41) is 4.79. The van der Waals surface area contributed by atoms with E-state index in [4.69, 9.17) is 9.47 Å². The third kappa shape index (κ3) is 6.95. The van der Waals surface area contributed by atoms with E-state index in [9.17, 15) is 22.8 Å². The number of hydrogen-bond acceptors (Lipinski definition) is 4. The zero-order valence-corrected chi connectivity index (χ0v) is 24.2. The van der Waals surface area contributed by atoms with E-state index in [1.54, 1.807) is 55.5 Å². The Morgan fingerprint density at radius 3 is 2.02 bits per heavy atom. The summed E-state index contributed by atoms with van der Waals surface area (Å²) < 4.78 is 93.0. The molecule has 6 nitrogen and oxygen atoms in total. The summed E-state index contributed by atoms with van der Waals surface area (Å²) >= 11 is 0. The first-order chi connectivity index (χ1) is 20.6. The van der Waals surface area contributed by atoms with Crippen molar-refractivity contribution in [2.45, 2.75) is 56.4 Å². The summed E-state index contributed by atoms with van der Waals surface area (Å²) in [6, 6.07) is 17.6. The lowest BCUT2D eigenvalue weighted by Gasteiger charge is -2.51. The third-order valence-electron chi connectivity index (χ3n) is 7.90. The van der Waals surface area contributed by atoms with Crippen LogP contribution >= 0.6 is 0 Å². The summed E-state index contributed by atoms with van der Waals surface area (Å²) in [5.74, 6) is -2.84. The van der Waals surface area contributed by atoms with Crippen LogP contribution in [0.1, 0.15) is 42.9 Å². The molecule has 1 aliphatic rings. The molecule has 2 unspecified atom stereocenters. The van der Waals surface area contributed by atoms with E-state index in [0.717, 1.165) is 17.7 Å². The van der Waals surface area contributed by atoms with Crippen LogP contribution in [0.25, 0.3) is 0 Å². The van der Waals surface area contributed by atoms with Crippen LogP contribution in [0.5, 0.6) is 11.5 Å². The van der Waals surface area contributed by atoms with Gasteiger partial charge in [-0.1, -0.05) is 48.9 Å². The van der Waals surface area contributed by atoms with Crippen LogP contribution in [-0.2, 0) is 20.5 Å². The SMILES string of the molecule is COc1ccc(NC(=O)C2C(=O)N[C@](c3ccc(OCCCC(F)(F)F)cc3)(C(F)(F)F)CC2(C)c2ccc(C)cc2)cc1. The number of rotatable bonds is 9. The summed E-state index contributed by atoms with van der Waals surface area (Å²) in [7, 11) is 1.47. The molecule has 1 aliphatic heterocycles. The van der Waals surface area contributed by atoms with E-state index in [0.29, 0.717) is 17.0 Å². The van der Waals surface area contributed by atoms with Gasteiger partial charge in [0, 0.05) is 17.5 Å². The number of alkyl halides is 6. The Kier molecular flexibility index (Phi) is 9.22. The topological polar surface area (TPSA) is 76.7 Å². The number of aryl methyl sites for hydroxylation is 1. The Hall–Kier alpha value is -4.22. The summed E-state index contributed by atoms with van der Waals surface area (Å²) in [4.78, 5) is 27.4. The molecule has 3 aromatic rings. The molecule has 44 heavy (non-hydrogen) atoms. The number of anilines is 1. The Balaban J connectivity index is 1.70. The van der Waals surface area contributed by atoms with Gasteiger partial charge in [0.05, 0.1) is 13.7 Å². The van der Waals surface area contributed by atoms with Gasteiger partial charge in [-0.3, -0.25) is 9.59 Å². The second kappa shape index (κ2) is 12.4. The van der Waals surface area contributed by atoms with Gasteiger partial charge in [-0.2, -0.15) is 26.3 Å². The molecule has 2 N–H and O–H groups in total. The van der Waals surface area contributed by atoms with Gasteiger partial charge in [-0.15, -0.1) is 0 Å². The lowest BCUT2D eigenvalue weighted by atomic mass is 9.60. The van der Waals surface area contributed by atoms with Gasteiger partial charge >= 0.3 is 12.4 Å². The maximum Gasteiger partial charge on any atom is 0.415 e. The number of methoxy groups -OCH3 is 1. The number of nitrogens with one attached hydrogen (secondary N) is 2. The minimum absolute atomic E-state index is 0.0772. The number of ether oxygens (including phenoxy) is 2. The molecule has 0 saturated carbocycles. The predicted molar refractivity (Wildman–Crippen MR) is 151 cm³/mol. The molecule has 4 rings (SSSR count). The number of amides is 2. The number of benzene rings is 3. The largest absolute Gasteiger partial charge is 0.497 e. The summed E-state index contributed by atoms with van der Waals surface area (Å²) in [6.45, 7) is 2.99. The summed E-state index contributed by atoms with van der Waals surface area (Å²) in [6.07, 6.45) is -11.4. The van der Waals surface area contributed by atoms with E-state index < -0.39 is 53.9 Å². The predicted octanol–water partition coefficient (Wildman–Crippen LogP) is 7.22. The first-order valence-corrected chi connectivity index (χ1v) is 13.8. The Morgan fingerprint density at radius 2 is 1.48 bits per heavy atom. The number of carbonyl (C=O) groups excluding carboxylic acids is 2. The highest BCUT2D eigenvalue weighted by Gasteiger charge is 2.66. The normalized spacial score (nSPS) is 22.2. The van der Waals surface area contributed by atoms with E-state index >= 15 is 13.2 Å². The van der Waals surface area contributed by atoms with Crippen LogP contribution in [0.4, 0.5) is 32.0 Å². The molecule has 3 aromatic carbocycles. The van der Waals surface area contributed by atoms with Crippen molar-refractivity contribution < 1.29 is 45.4 Å². The van der Waals surface area contributed by atoms with Crippen molar-refractivity contribution in [3.05, 3.63) is 89.5 Å². The zero-order valence-electron chi connectivity index (χ0n) is 24.2. The fourth-order valence-electron chi connectivity index (χ4n) is 5.58. The highest BCUT2D eigenvalue weighted by Crippen LogP contribution is 2.53. The third-order valence-corrected chi connectivity index (χ3v) is 7.90. The average Bonchev–Trinajstić information content (AvgIpc) is 2.95. The van der Waals surface area contributed by atoms with Crippen LogP contribution in [-0.4, -0.2) is 37.9 Å². The number of carbonyl (C=O) groups is 2. The van der Waals surface area contributed by atoms with Crippen molar-refractivity contribution in [2.75, 3.05) is 19.0 Å². The first kappa shape index (κ1) is 32.7. The van der Waals surface area contributed by atoms with Crippen LogP contribution in [0.2, 0.25) is 0 Å². The molecule has 0 bridgehead atoms. The minimum Gasteiger partial charge on any atom is -0.497 e. The fraction of sp³-hybridized carbons (Fsp3) is 0.375. The highest BCUT2D eigenvalue weighted by atomic mass is 19.4. The van der Waals surface area contributed by atoms with Crippen molar-refractivity contribution in [3.63, 3.8) is 0 Å². The maximum absolute atomic E-state index is 15.1. The molecule has 0 radical (unpaired) electrons. The molecule has 0 aliphatic carbocycles. The van der Waals surface area contributed by atoms with Gasteiger partial charge in [0.2, 0.25) is 11.8 Å². The quantitative estimate of drug-likeness (QED) is 0.150. The number of piperidine rings is 1. The monoisotopic (exact) mass is 622 g/mol. The smallest absolute Gasteiger partial charge is 0.415 e. The van der Waals surface area contributed by atoms with Crippen LogP contribution in [0.3, 0.4) is 0 Å². The van der Waals surface area contributed by atoms with Crippen LogP contribution < -0.4 is 20.1 Å². The number of halogens is 6. The van der Waals surface area contributed by atoms with Crippen LogP contribution in [0, 0.1) is 12.8 Å². The average molecular weight is 623 g/mol. The second-order valence-corrected chi connectivity index (χ2v) is 11.1. The maximum atomic E-state index is 15.1. The molecule has 1 fully saturated rings. The molecule has 2 amide bonds. The van der Waals surface area contributed by atoms with Crippen molar-refractivity contribution in [1.82, 2.24) is 5.32 Å². The van der Waals surface area contributed by atoms with Crippen molar-refractivity contribution in [1.29, 1.82) is 0 Å². The molecule has 0 aromatic heterocycles. The van der Waals surface area contributed by atoms with Gasteiger partial charge < -0.3 is 20.1 Å². The molecular weight excluding hydrogens is 590 g/mol. The van der Waals surface area contributed by atoms with Crippen molar-refractivity contribution >= 4 is 17.5 Å². The standard InChI is InChI=1S/C32H32F6N2O4/c1-20-5-7-21(8-6-20)29(2)19-30(32(36,37)38,22-9-13-25(14-10-22)44-18-4-17-31(33,34)35)40-28(42)26(29)27(41)39-23-11-15-24(43-3)16-12-23/h5-16,26H,4,17-19H2,1-3H3,(H,39,41)(H,40,42)/t26?,29?,30-/m1/s1. The fourth-order valence-corrected chi connectivity index (χ4v) is 5.58. The van der Waals surface area contributed by atoms with Crippen molar-refractivity contribution in [3.8, 4) is 11.5 Å².